The Kier molecular flexibility index (Phi) is 16.2. The summed E-state index contributed by atoms with van der Waals surface area (Å²) in [5.74, 6) is 0. The molecule has 0 atom stereocenters. The van der Waals surface area contributed by atoms with E-state index in [9.17, 15) is 0 Å². The molecule has 0 bridgehead atoms. The third kappa shape index (κ3) is 10.4. The van der Waals surface area contributed by atoms with Crippen LogP contribution in [0.1, 0.15) is 41.5 Å². The van der Waals surface area contributed by atoms with Crippen molar-refractivity contribution in [3.63, 3.8) is 0 Å². The topological polar surface area (TPSA) is 0 Å². The molecule has 0 heterocycles. The van der Waals surface area contributed by atoms with E-state index in [4.69, 9.17) is 0 Å². The van der Waals surface area contributed by atoms with Crippen LogP contribution in [0.15, 0.2) is 170 Å². The molecule has 0 aliphatic heterocycles. The second-order valence-corrected chi connectivity index (χ2v) is 8.63. The first-order valence-electron chi connectivity index (χ1n) is 15.3. The Bertz CT molecular complexity index is 1260. The van der Waals surface area contributed by atoms with Gasteiger partial charge in [0.05, 0.1) is 0 Å². The molecule has 0 fully saturated rings. The van der Waals surface area contributed by atoms with Crippen molar-refractivity contribution in [2.24, 2.45) is 0 Å². The molecule has 42 heavy (non-hydrogen) atoms. The van der Waals surface area contributed by atoms with Crippen LogP contribution in [-0.2, 0) is 0 Å². The highest BCUT2D eigenvalue weighted by molar-refractivity contribution is 5.74. The molecule has 214 valence electrons. The van der Waals surface area contributed by atoms with Crippen molar-refractivity contribution in [3.05, 3.63) is 170 Å². The lowest BCUT2D eigenvalue weighted by molar-refractivity contribution is 1.50. The molecule has 0 radical (unpaired) electrons. The van der Waals surface area contributed by atoms with Crippen LogP contribution >= 0.6 is 0 Å². The minimum atomic E-state index is 1.26. The molecule has 0 aliphatic rings. The fraction of sp³-hybridized carbons (Fsp3) is 0.143. The monoisotopic (exact) mass is 550 g/mol. The highest BCUT2D eigenvalue weighted by Crippen LogP contribution is 2.27. The maximum atomic E-state index is 2.24. The molecule has 0 spiro atoms. The number of hydrogen-bond donors (Lipinski definition) is 0. The molecule has 0 saturated carbocycles. The zero-order valence-electron chi connectivity index (χ0n) is 26.2. The molecule has 6 aromatic carbocycles. The van der Waals surface area contributed by atoms with E-state index >= 15 is 0 Å². The van der Waals surface area contributed by atoms with E-state index in [0.29, 0.717) is 0 Å². The largest absolute Gasteiger partial charge is 0.0683 e. The van der Waals surface area contributed by atoms with Crippen LogP contribution in [0.3, 0.4) is 0 Å². The van der Waals surface area contributed by atoms with Gasteiger partial charge in [-0.15, -0.1) is 0 Å². The Morgan fingerprint density at radius 1 is 0.190 bits per heavy atom. The minimum absolute atomic E-state index is 1.26. The molecule has 0 heteroatoms. The molecule has 6 aromatic rings. The third-order valence-corrected chi connectivity index (χ3v) is 6.15. The van der Waals surface area contributed by atoms with Crippen LogP contribution in [-0.4, -0.2) is 0 Å². The van der Waals surface area contributed by atoms with Crippen molar-refractivity contribution in [1.82, 2.24) is 0 Å². The highest BCUT2D eigenvalue weighted by atomic mass is 14.1. The highest BCUT2D eigenvalue weighted by Gasteiger charge is 2.01. The van der Waals surface area contributed by atoms with Gasteiger partial charge in [-0.05, 0) is 56.6 Å². The zero-order chi connectivity index (χ0) is 30.4. The number of rotatable bonds is 4. The summed E-state index contributed by atoms with van der Waals surface area (Å²) in [7, 11) is 0. The maximum absolute atomic E-state index is 2.24. The Hall–Kier alpha value is -4.68. The predicted molar refractivity (Wildman–Crippen MR) is 189 cm³/mol. The van der Waals surface area contributed by atoms with Gasteiger partial charge in [-0.2, -0.15) is 0 Å². The van der Waals surface area contributed by atoms with Gasteiger partial charge in [-0.25, -0.2) is 0 Å². The van der Waals surface area contributed by atoms with E-state index in [1.54, 1.807) is 0 Å². The van der Waals surface area contributed by atoms with E-state index in [0.717, 1.165) is 0 Å². The summed E-state index contributed by atoms with van der Waals surface area (Å²) < 4.78 is 0. The van der Waals surface area contributed by atoms with Crippen molar-refractivity contribution in [3.8, 4) is 44.5 Å². The SMILES string of the molecule is CC.CC.CC.c1ccc(-c2cccc(-c3ccccc3)c2)cc1.c1ccc(-c2cccc(-c3ccccc3)c2)cc1. The molecular weight excluding hydrogens is 504 g/mol. The quantitative estimate of drug-likeness (QED) is 0.205. The van der Waals surface area contributed by atoms with Crippen molar-refractivity contribution < 1.29 is 0 Å². The minimum Gasteiger partial charge on any atom is -0.0683 e. The van der Waals surface area contributed by atoms with Crippen molar-refractivity contribution >= 4 is 0 Å². The summed E-state index contributed by atoms with van der Waals surface area (Å²) in [5.41, 5.74) is 10.1. The summed E-state index contributed by atoms with van der Waals surface area (Å²) in [6, 6.07) is 59.3. The van der Waals surface area contributed by atoms with Gasteiger partial charge in [-0.1, -0.05) is 199 Å². The predicted octanol–water partition coefficient (Wildman–Crippen LogP) is 13.1. The summed E-state index contributed by atoms with van der Waals surface area (Å²) in [5, 5.41) is 0. The van der Waals surface area contributed by atoms with Gasteiger partial charge < -0.3 is 0 Å². The van der Waals surface area contributed by atoms with E-state index in [1.807, 2.05) is 65.8 Å². The molecule has 0 aliphatic carbocycles. The summed E-state index contributed by atoms with van der Waals surface area (Å²) in [6.45, 7) is 12.0. The average Bonchev–Trinajstić information content (AvgIpc) is 3.13. The Morgan fingerprint density at radius 3 is 0.548 bits per heavy atom. The van der Waals surface area contributed by atoms with Gasteiger partial charge in [0.1, 0.15) is 0 Å². The van der Waals surface area contributed by atoms with Crippen molar-refractivity contribution in [1.29, 1.82) is 0 Å². The van der Waals surface area contributed by atoms with Crippen molar-refractivity contribution in [2.45, 2.75) is 41.5 Å². The van der Waals surface area contributed by atoms with Crippen LogP contribution in [0.25, 0.3) is 44.5 Å². The number of benzene rings is 6. The smallest absolute Gasteiger partial charge is 0.0178 e. The van der Waals surface area contributed by atoms with Gasteiger partial charge in [0.15, 0.2) is 0 Å². The molecule has 6 rings (SSSR count). The third-order valence-electron chi connectivity index (χ3n) is 6.15. The molecule has 0 amide bonds. The van der Waals surface area contributed by atoms with Gasteiger partial charge in [0.2, 0.25) is 0 Å². The first-order chi connectivity index (χ1) is 20.9. The Balaban J connectivity index is 0.000000250. The molecule has 0 unspecified atom stereocenters. The maximum Gasteiger partial charge on any atom is -0.0178 e. The molecule has 0 nitrogen and oxygen atoms in total. The lowest BCUT2D eigenvalue weighted by Crippen LogP contribution is -1.80. The van der Waals surface area contributed by atoms with E-state index in [2.05, 4.69) is 146 Å². The van der Waals surface area contributed by atoms with Gasteiger partial charge in [0, 0.05) is 0 Å². The molecule has 0 N–H and O–H groups in total. The second kappa shape index (κ2) is 20.2. The van der Waals surface area contributed by atoms with E-state index in [1.165, 1.54) is 44.5 Å². The molecule has 0 aromatic heterocycles. The van der Waals surface area contributed by atoms with Crippen LogP contribution < -0.4 is 0 Å². The fourth-order valence-electron chi connectivity index (χ4n) is 4.28. The first kappa shape index (κ1) is 33.5. The second-order valence-electron chi connectivity index (χ2n) is 8.63. The first-order valence-corrected chi connectivity index (χ1v) is 15.3. The van der Waals surface area contributed by atoms with E-state index < -0.39 is 0 Å². The summed E-state index contributed by atoms with van der Waals surface area (Å²) in [4.78, 5) is 0. The summed E-state index contributed by atoms with van der Waals surface area (Å²) in [6.07, 6.45) is 0. The Labute approximate surface area is 255 Å². The Morgan fingerprint density at radius 2 is 0.357 bits per heavy atom. The van der Waals surface area contributed by atoms with Crippen LogP contribution in [0.2, 0.25) is 0 Å². The van der Waals surface area contributed by atoms with Crippen LogP contribution in [0.4, 0.5) is 0 Å². The van der Waals surface area contributed by atoms with E-state index in [-0.39, 0.29) is 0 Å². The normalized spacial score (nSPS) is 9.19. The standard InChI is InChI=1S/2C18H14.3C2H6/c2*1-3-8-15(9-4-1)17-12-7-13-18(14-17)16-10-5-2-6-11-16;3*1-2/h2*1-14H;3*1-2H3. The average molecular weight is 551 g/mol. The van der Waals surface area contributed by atoms with Crippen LogP contribution in [0.5, 0.6) is 0 Å². The zero-order valence-corrected chi connectivity index (χ0v) is 26.2. The van der Waals surface area contributed by atoms with Crippen molar-refractivity contribution in [2.75, 3.05) is 0 Å². The lowest BCUT2D eigenvalue weighted by atomic mass is 9.99. The summed E-state index contributed by atoms with van der Waals surface area (Å²) >= 11 is 0. The van der Waals surface area contributed by atoms with Gasteiger partial charge >= 0.3 is 0 Å². The van der Waals surface area contributed by atoms with Gasteiger partial charge in [0.25, 0.3) is 0 Å². The van der Waals surface area contributed by atoms with Crippen LogP contribution in [0, 0.1) is 0 Å². The molecule has 0 saturated heterocycles. The number of hydrogen-bond acceptors (Lipinski definition) is 0. The lowest BCUT2D eigenvalue weighted by Gasteiger charge is -2.05. The molecular formula is C42H46. The fourth-order valence-corrected chi connectivity index (χ4v) is 4.28. The van der Waals surface area contributed by atoms with Gasteiger partial charge in [-0.3, -0.25) is 0 Å².